The summed E-state index contributed by atoms with van der Waals surface area (Å²) in [6.45, 7) is 5.92. The van der Waals surface area contributed by atoms with E-state index in [1.165, 1.54) is 6.07 Å². The number of hydrogen-bond acceptors (Lipinski definition) is 4. The minimum Gasteiger partial charge on any atom is -0.462 e. The predicted octanol–water partition coefficient (Wildman–Crippen LogP) is 6.20. The summed E-state index contributed by atoms with van der Waals surface area (Å²) >= 11 is 0. The van der Waals surface area contributed by atoms with Crippen LogP contribution in [0.15, 0.2) is 47.4 Å². The molecule has 2 aromatic rings. The number of carbonyl (C=O) groups excluding carboxylic acids is 1. The van der Waals surface area contributed by atoms with Gasteiger partial charge in [-0.1, -0.05) is 37.5 Å². The molecule has 2 heterocycles. The summed E-state index contributed by atoms with van der Waals surface area (Å²) in [6.07, 6.45) is -0.312. The van der Waals surface area contributed by atoms with E-state index in [1.807, 2.05) is 49.6 Å². The van der Waals surface area contributed by atoms with E-state index in [0.29, 0.717) is 25.0 Å². The number of hydrogen-bond donors (Lipinski definition) is 1. The van der Waals surface area contributed by atoms with Crippen molar-refractivity contribution < 1.29 is 31.1 Å². The maximum atomic E-state index is 13.5. The largest absolute Gasteiger partial charge is 0.462 e. The Bertz CT molecular complexity index is 1340. The molecular weight excluding hydrogens is 493 g/mol. The first-order chi connectivity index (χ1) is 16.8. The summed E-state index contributed by atoms with van der Waals surface area (Å²) in [5, 5.41) is 0.977. The van der Waals surface area contributed by atoms with Crippen molar-refractivity contribution in [2.45, 2.75) is 75.6 Å². The molecule has 6 nitrogen and oxygen atoms in total. The van der Waals surface area contributed by atoms with Crippen molar-refractivity contribution in [2.75, 3.05) is 0 Å². The van der Waals surface area contributed by atoms with Crippen LogP contribution in [0.1, 0.15) is 58.4 Å². The van der Waals surface area contributed by atoms with Crippen LogP contribution >= 0.6 is 0 Å². The van der Waals surface area contributed by atoms with Gasteiger partial charge in [-0.15, -0.1) is 0 Å². The van der Waals surface area contributed by atoms with Crippen molar-refractivity contribution >= 4 is 27.4 Å². The topological polar surface area (TPSA) is 77.4 Å². The van der Waals surface area contributed by atoms with E-state index in [1.54, 1.807) is 0 Å². The highest BCUT2D eigenvalue weighted by Crippen LogP contribution is 2.51. The molecule has 0 bridgehead atoms. The number of alkyl halides is 3. The highest BCUT2D eigenvalue weighted by Gasteiger charge is 2.37. The molecule has 1 N–H and O–H groups in total. The van der Waals surface area contributed by atoms with Gasteiger partial charge in [-0.25, -0.2) is 13.1 Å². The molecule has 3 aliphatic rings. The second-order valence-corrected chi connectivity index (χ2v) is 11.8. The third-order valence-electron chi connectivity index (χ3n) is 6.17. The number of benzene rings is 2. The van der Waals surface area contributed by atoms with Crippen LogP contribution in [0, 0.1) is 0 Å². The lowest BCUT2D eigenvalue weighted by Gasteiger charge is -2.23. The fraction of sp³-hybridized carbons (Fsp3) is 0.423. The van der Waals surface area contributed by atoms with Crippen molar-refractivity contribution in [3.05, 3.63) is 48.0 Å². The van der Waals surface area contributed by atoms with Gasteiger partial charge < -0.3 is 9.30 Å². The Morgan fingerprint density at radius 3 is 2.25 bits per heavy atom. The molecule has 5 rings (SSSR count). The van der Waals surface area contributed by atoms with Crippen LogP contribution in [0.4, 0.5) is 13.2 Å². The number of fused-ring (bicyclic) bond motifs is 4. The minimum atomic E-state index is -4.63. The minimum absolute atomic E-state index is 0.223. The number of ether oxygens (including phenoxy) is 1. The Kier molecular flexibility index (Phi) is 6.96. The quantitative estimate of drug-likeness (QED) is 0.317. The van der Waals surface area contributed by atoms with Crippen LogP contribution in [0.25, 0.3) is 27.8 Å². The van der Waals surface area contributed by atoms with Crippen LogP contribution < -0.4 is 4.72 Å². The molecule has 10 heteroatoms. The summed E-state index contributed by atoms with van der Waals surface area (Å²) in [5.41, 5.74) is 1.44. The normalized spacial score (nSPS) is 15.8. The number of halogens is 3. The summed E-state index contributed by atoms with van der Waals surface area (Å²) in [5.74, 6) is 0. The van der Waals surface area contributed by atoms with Gasteiger partial charge in [-0.2, -0.15) is 13.2 Å². The lowest BCUT2D eigenvalue weighted by atomic mass is 9.96. The second kappa shape index (κ2) is 9.55. The van der Waals surface area contributed by atoms with E-state index >= 15 is 0 Å². The van der Waals surface area contributed by atoms with Crippen LogP contribution in [0.5, 0.6) is 0 Å². The Morgan fingerprint density at radius 1 is 1.03 bits per heavy atom. The number of rotatable bonds is 5. The summed E-state index contributed by atoms with van der Waals surface area (Å²) < 4.78 is 75.3. The lowest BCUT2D eigenvalue weighted by Crippen LogP contribution is -2.36. The first-order valence-corrected chi connectivity index (χ1v) is 13.3. The van der Waals surface area contributed by atoms with Crippen LogP contribution in [-0.4, -0.2) is 31.1 Å². The van der Waals surface area contributed by atoms with Gasteiger partial charge in [0.2, 0.25) is 10.0 Å². The van der Waals surface area contributed by atoms with Gasteiger partial charge in [0, 0.05) is 17.0 Å². The summed E-state index contributed by atoms with van der Waals surface area (Å²) in [4.78, 5) is 9.26. The van der Waals surface area contributed by atoms with Crippen molar-refractivity contribution in [3.8, 4) is 16.9 Å². The Labute approximate surface area is 208 Å². The molecule has 2 aliphatic heterocycles. The van der Waals surface area contributed by atoms with Gasteiger partial charge >= 0.3 is 6.18 Å². The molecule has 36 heavy (non-hydrogen) atoms. The summed E-state index contributed by atoms with van der Waals surface area (Å²) in [7, 11) is -4.04. The monoisotopic (exact) mass is 522 g/mol. The zero-order valence-electron chi connectivity index (χ0n) is 20.4. The van der Waals surface area contributed by atoms with E-state index in [-0.39, 0.29) is 22.1 Å². The van der Waals surface area contributed by atoms with E-state index < -0.39 is 21.8 Å². The third-order valence-corrected chi connectivity index (χ3v) is 7.67. The zero-order chi connectivity index (χ0) is 26.3. The second-order valence-electron chi connectivity index (χ2n) is 10.1. The van der Waals surface area contributed by atoms with Gasteiger partial charge in [-0.05, 0) is 57.9 Å². The maximum absolute atomic E-state index is 13.5. The molecule has 0 aromatic heterocycles. The number of sulfonamides is 1. The van der Waals surface area contributed by atoms with Crippen LogP contribution in [0.2, 0.25) is 0 Å². The third kappa shape index (κ3) is 5.59. The number of carbonyl (C=O) groups is 1. The summed E-state index contributed by atoms with van der Waals surface area (Å²) in [6, 6.07) is 10.4. The zero-order valence-corrected chi connectivity index (χ0v) is 21.2. The SMILES string of the molecule is CC(C)(C)OC=O.O=S(=O)(NC1CCCCC1)c1cc(-c2c3c4ccccc4n2-3)cc(C(F)(F)F)c1. The first kappa shape index (κ1) is 26.2. The molecule has 0 spiro atoms. The molecular formula is C26H29F3N2O4S. The van der Waals surface area contributed by atoms with Crippen molar-refractivity contribution in [1.82, 2.24) is 9.29 Å². The molecule has 1 fully saturated rings. The van der Waals surface area contributed by atoms with Gasteiger partial charge in [0.05, 0.1) is 27.4 Å². The van der Waals surface area contributed by atoms with Crippen LogP contribution in [-0.2, 0) is 25.7 Å². The highest BCUT2D eigenvalue weighted by molar-refractivity contribution is 7.89. The average molecular weight is 523 g/mol. The molecule has 0 saturated heterocycles. The highest BCUT2D eigenvalue weighted by atomic mass is 32.2. The Hall–Kier alpha value is -2.85. The molecule has 1 saturated carbocycles. The maximum Gasteiger partial charge on any atom is 0.416 e. The molecule has 0 amide bonds. The van der Waals surface area contributed by atoms with Crippen molar-refractivity contribution in [2.24, 2.45) is 0 Å². The number of para-hydroxylation sites is 1. The molecule has 0 radical (unpaired) electrons. The molecule has 194 valence electrons. The van der Waals surface area contributed by atoms with Gasteiger partial charge in [-0.3, -0.25) is 4.79 Å². The fourth-order valence-corrected chi connectivity index (χ4v) is 5.82. The number of nitrogens with zero attached hydrogens (tertiary/aromatic N) is 1. The standard InChI is InChI=1S/C21H19F3N2O2S.C5H10O2/c22-21(23,24)14-10-13(19-20-17-8-4-5-9-18(17)26(19)20)11-16(12-14)29(27,28)25-15-6-2-1-3-7-15;1-5(2,3)7-4-6/h4-5,8-12,15,25H,1-3,6-7H2;4H,1-3H3. The molecule has 0 atom stereocenters. The first-order valence-electron chi connectivity index (χ1n) is 11.8. The van der Waals surface area contributed by atoms with Gasteiger partial charge in [0.15, 0.2) is 0 Å². The van der Waals surface area contributed by atoms with E-state index in [0.717, 1.165) is 48.0 Å². The van der Waals surface area contributed by atoms with E-state index in [9.17, 15) is 26.4 Å². The Balaban J connectivity index is 0.000000384. The molecule has 2 aromatic carbocycles. The Morgan fingerprint density at radius 2 is 1.69 bits per heavy atom. The smallest absolute Gasteiger partial charge is 0.416 e. The fourth-order valence-electron chi connectivity index (χ4n) is 4.44. The average Bonchev–Trinajstić information content (AvgIpc) is 3.46. The van der Waals surface area contributed by atoms with Crippen molar-refractivity contribution in [1.29, 1.82) is 0 Å². The molecule has 0 unspecified atom stereocenters. The van der Waals surface area contributed by atoms with Gasteiger partial charge in [0.1, 0.15) is 5.60 Å². The van der Waals surface area contributed by atoms with Crippen molar-refractivity contribution in [3.63, 3.8) is 0 Å². The van der Waals surface area contributed by atoms with E-state index in [4.69, 9.17) is 0 Å². The van der Waals surface area contributed by atoms with Crippen LogP contribution in [0.3, 0.4) is 0 Å². The molecule has 1 aliphatic carbocycles. The number of aromatic nitrogens is 1. The van der Waals surface area contributed by atoms with Gasteiger partial charge in [0.25, 0.3) is 6.47 Å². The lowest BCUT2D eigenvalue weighted by molar-refractivity contribution is -0.139. The number of nitrogens with one attached hydrogen (secondary N) is 1. The predicted molar refractivity (Wildman–Crippen MR) is 131 cm³/mol. The van der Waals surface area contributed by atoms with E-state index in [2.05, 4.69) is 9.46 Å².